The van der Waals surface area contributed by atoms with Gasteiger partial charge in [-0.1, -0.05) is 19.9 Å². The summed E-state index contributed by atoms with van der Waals surface area (Å²) < 4.78 is 25.9. The molecular formula is C12H18N2O3S. The Morgan fingerprint density at radius 1 is 1.28 bits per heavy atom. The molecule has 0 aromatic heterocycles. The van der Waals surface area contributed by atoms with Crippen LogP contribution in [-0.4, -0.2) is 27.4 Å². The van der Waals surface area contributed by atoms with Gasteiger partial charge in [-0.3, -0.25) is 4.79 Å². The first-order valence-electron chi connectivity index (χ1n) is 5.89. The van der Waals surface area contributed by atoms with Gasteiger partial charge in [-0.2, -0.15) is 0 Å². The van der Waals surface area contributed by atoms with E-state index in [1.807, 2.05) is 6.92 Å². The van der Waals surface area contributed by atoms with Gasteiger partial charge in [0, 0.05) is 18.7 Å². The van der Waals surface area contributed by atoms with Crippen molar-refractivity contribution >= 4 is 15.9 Å². The van der Waals surface area contributed by atoms with Gasteiger partial charge in [0.1, 0.15) is 0 Å². The molecule has 100 valence electrons. The normalized spacial score (nSPS) is 11.2. The Hall–Kier alpha value is -1.40. The molecule has 0 spiro atoms. The van der Waals surface area contributed by atoms with E-state index < -0.39 is 10.0 Å². The highest BCUT2D eigenvalue weighted by molar-refractivity contribution is 7.89. The van der Waals surface area contributed by atoms with Crippen molar-refractivity contribution in [3.8, 4) is 0 Å². The average molecular weight is 270 g/mol. The molecule has 0 atom stereocenters. The molecule has 0 saturated carbocycles. The second-order valence-corrected chi connectivity index (χ2v) is 5.55. The lowest BCUT2D eigenvalue weighted by molar-refractivity contribution is 0.0953. The molecule has 1 aromatic rings. The maximum atomic E-state index is 11.8. The van der Waals surface area contributed by atoms with E-state index in [2.05, 4.69) is 10.0 Å². The number of carbonyl (C=O) groups is 1. The zero-order valence-corrected chi connectivity index (χ0v) is 11.4. The lowest BCUT2D eigenvalue weighted by atomic mass is 10.2. The molecule has 0 radical (unpaired) electrons. The van der Waals surface area contributed by atoms with E-state index >= 15 is 0 Å². The Bertz CT molecular complexity index is 512. The fraction of sp³-hybridized carbons (Fsp3) is 0.417. The Morgan fingerprint density at radius 3 is 2.61 bits per heavy atom. The summed E-state index contributed by atoms with van der Waals surface area (Å²) in [6, 6.07) is 6.00. The zero-order chi connectivity index (χ0) is 13.6. The van der Waals surface area contributed by atoms with Crippen molar-refractivity contribution in [1.29, 1.82) is 0 Å². The number of nitrogens with one attached hydrogen (secondary N) is 2. The van der Waals surface area contributed by atoms with Crippen LogP contribution in [-0.2, 0) is 10.0 Å². The standard InChI is InChI=1S/C12H18N2O3S/c1-3-8-13-12(15)10-6-5-7-11(9-10)18(16,17)14-4-2/h5-7,9,14H,3-4,8H2,1-2H3,(H,13,15). The summed E-state index contributed by atoms with van der Waals surface area (Å²) in [4.78, 5) is 11.8. The maximum Gasteiger partial charge on any atom is 0.251 e. The lowest BCUT2D eigenvalue weighted by Crippen LogP contribution is -2.26. The summed E-state index contributed by atoms with van der Waals surface area (Å²) in [6.45, 7) is 4.54. The fourth-order valence-electron chi connectivity index (χ4n) is 1.42. The highest BCUT2D eigenvalue weighted by atomic mass is 32.2. The first-order valence-corrected chi connectivity index (χ1v) is 7.37. The second-order valence-electron chi connectivity index (χ2n) is 3.79. The quantitative estimate of drug-likeness (QED) is 0.813. The van der Waals surface area contributed by atoms with Crippen LogP contribution in [0, 0.1) is 0 Å². The summed E-state index contributed by atoms with van der Waals surface area (Å²) in [6.07, 6.45) is 0.834. The number of hydrogen-bond donors (Lipinski definition) is 2. The Labute approximate surface area is 108 Å². The average Bonchev–Trinajstić information content (AvgIpc) is 2.36. The summed E-state index contributed by atoms with van der Waals surface area (Å²) in [5, 5.41) is 2.71. The van der Waals surface area contributed by atoms with Crippen LogP contribution in [0.25, 0.3) is 0 Å². The van der Waals surface area contributed by atoms with Crippen LogP contribution in [0.1, 0.15) is 30.6 Å². The SMILES string of the molecule is CCCNC(=O)c1cccc(S(=O)(=O)NCC)c1. The minimum absolute atomic E-state index is 0.105. The molecule has 0 fully saturated rings. The van der Waals surface area contributed by atoms with Crippen molar-refractivity contribution in [2.75, 3.05) is 13.1 Å². The molecule has 2 N–H and O–H groups in total. The molecule has 0 aliphatic rings. The van der Waals surface area contributed by atoms with Gasteiger partial charge in [0.05, 0.1) is 4.90 Å². The molecule has 1 amide bonds. The highest BCUT2D eigenvalue weighted by Gasteiger charge is 2.14. The third kappa shape index (κ3) is 3.82. The van der Waals surface area contributed by atoms with Gasteiger partial charge >= 0.3 is 0 Å². The Balaban J connectivity index is 2.96. The van der Waals surface area contributed by atoms with E-state index in [0.717, 1.165) is 6.42 Å². The molecule has 0 bridgehead atoms. The molecule has 0 saturated heterocycles. The number of amides is 1. The van der Waals surface area contributed by atoms with E-state index in [4.69, 9.17) is 0 Å². The van der Waals surface area contributed by atoms with E-state index in [9.17, 15) is 13.2 Å². The van der Waals surface area contributed by atoms with Crippen molar-refractivity contribution in [2.45, 2.75) is 25.2 Å². The van der Waals surface area contributed by atoms with Crippen LogP contribution >= 0.6 is 0 Å². The van der Waals surface area contributed by atoms with Crippen LogP contribution in [0.4, 0.5) is 0 Å². The topological polar surface area (TPSA) is 75.3 Å². The predicted molar refractivity (Wildman–Crippen MR) is 69.9 cm³/mol. The minimum Gasteiger partial charge on any atom is -0.352 e. The van der Waals surface area contributed by atoms with E-state index in [1.54, 1.807) is 19.1 Å². The third-order valence-corrected chi connectivity index (χ3v) is 3.82. The van der Waals surface area contributed by atoms with Gasteiger partial charge in [-0.05, 0) is 24.6 Å². The first-order chi connectivity index (χ1) is 8.51. The van der Waals surface area contributed by atoms with Crippen LogP contribution < -0.4 is 10.0 Å². The van der Waals surface area contributed by atoms with E-state index in [0.29, 0.717) is 18.7 Å². The Morgan fingerprint density at radius 2 is 2.00 bits per heavy atom. The smallest absolute Gasteiger partial charge is 0.251 e. The third-order valence-electron chi connectivity index (χ3n) is 2.28. The van der Waals surface area contributed by atoms with Crippen molar-refractivity contribution in [2.24, 2.45) is 0 Å². The lowest BCUT2D eigenvalue weighted by Gasteiger charge is -2.07. The molecule has 6 heteroatoms. The van der Waals surface area contributed by atoms with Crippen molar-refractivity contribution in [3.05, 3.63) is 29.8 Å². The first kappa shape index (κ1) is 14.7. The van der Waals surface area contributed by atoms with Crippen molar-refractivity contribution in [3.63, 3.8) is 0 Å². The van der Waals surface area contributed by atoms with Crippen LogP contribution in [0.15, 0.2) is 29.2 Å². The number of carbonyl (C=O) groups excluding carboxylic acids is 1. The van der Waals surface area contributed by atoms with Gasteiger partial charge in [0.25, 0.3) is 5.91 Å². The van der Waals surface area contributed by atoms with Crippen molar-refractivity contribution in [1.82, 2.24) is 10.0 Å². The number of hydrogen-bond acceptors (Lipinski definition) is 3. The van der Waals surface area contributed by atoms with Gasteiger partial charge in [0.2, 0.25) is 10.0 Å². The van der Waals surface area contributed by atoms with Gasteiger partial charge in [-0.25, -0.2) is 13.1 Å². The highest BCUT2D eigenvalue weighted by Crippen LogP contribution is 2.11. The van der Waals surface area contributed by atoms with Crippen molar-refractivity contribution < 1.29 is 13.2 Å². The maximum absolute atomic E-state index is 11.8. The van der Waals surface area contributed by atoms with Gasteiger partial charge in [-0.15, -0.1) is 0 Å². The van der Waals surface area contributed by atoms with Crippen LogP contribution in [0.3, 0.4) is 0 Å². The molecule has 0 unspecified atom stereocenters. The number of rotatable bonds is 6. The largest absolute Gasteiger partial charge is 0.352 e. The molecular weight excluding hydrogens is 252 g/mol. The number of sulfonamides is 1. The zero-order valence-electron chi connectivity index (χ0n) is 10.6. The molecule has 0 heterocycles. The molecule has 1 rings (SSSR count). The summed E-state index contributed by atoms with van der Waals surface area (Å²) in [7, 11) is -3.52. The van der Waals surface area contributed by atoms with E-state index in [1.165, 1.54) is 12.1 Å². The molecule has 0 aliphatic carbocycles. The Kier molecular flexibility index (Phi) is 5.30. The minimum atomic E-state index is -3.52. The predicted octanol–water partition coefficient (Wildman–Crippen LogP) is 1.12. The van der Waals surface area contributed by atoms with Gasteiger partial charge < -0.3 is 5.32 Å². The summed E-state index contributed by atoms with van der Waals surface area (Å²) >= 11 is 0. The monoisotopic (exact) mass is 270 g/mol. The van der Waals surface area contributed by atoms with Crippen LogP contribution in [0.5, 0.6) is 0 Å². The fourth-order valence-corrected chi connectivity index (χ4v) is 2.50. The summed E-state index contributed by atoms with van der Waals surface area (Å²) in [5.41, 5.74) is 0.349. The molecule has 5 nitrogen and oxygen atoms in total. The van der Waals surface area contributed by atoms with Crippen LogP contribution in [0.2, 0.25) is 0 Å². The molecule has 1 aromatic carbocycles. The molecule has 0 aliphatic heterocycles. The van der Waals surface area contributed by atoms with E-state index in [-0.39, 0.29) is 10.8 Å². The summed E-state index contributed by atoms with van der Waals surface area (Å²) in [5.74, 6) is -0.259. The second kappa shape index (κ2) is 6.51. The van der Waals surface area contributed by atoms with Gasteiger partial charge in [0.15, 0.2) is 0 Å². The number of benzene rings is 1. The molecule has 18 heavy (non-hydrogen) atoms.